The van der Waals surface area contributed by atoms with Crippen molar-refractivity contribution in [1.29, 1.82) is 0 Å². The van der Waals surface area contributed by atoms with Gasteiger partial charge in [0.05, 0.1) is 34.6 Å². The van der Waals surface area contributed by atoms with Crippen LogP contribution >= 0.6 is 0 Å². The van der Waals surface area contributed by atoms with Crippen LogP contribution in [-0.4, -0.2) is 17.2 Å². The SMILES string of the molecule is [2H]c1c([2H])c([2H])c(-c2cc([Si](c3ccccc3)(c3ccccc3)c3ccccc3)cc(-c3ccccc3)c2-n2c3ccccc3c3cc(-n4c5ccccc5c5cccc(-c6ccccc6-c6cccc7c6oc6ccccc67)c54)ccc32)c([2H])c1[2H]. The molecule has 3 heterocycles. The molecule has 0 aliphatic carbocycles. The molecule has 0 bridgehead atoms. The Morgan fingerprint density at radius 1 is 0.305 bits per heavy atom. The van der Waals surface area contributed by atoms with Gasteiger partial charge in [-0.2, -0.15) is 0 Å². The monoisotopic (exact) mass is 1070 g/mol. The molecule has 0 fully saturated rings. The first-order valence-corrected chi connectivity index (χ1v) is 29.8. The van der Waals surface area contributed by atoms with Gasteiger partial charge in [-0.15, -0.1) is 0 Å². The van der Waals surface area contributed by atoms with E-state index >= 15 is 0 Å². The van der Waals surface area contributed by atoms with Crippen LogP contribution in [0.2, 0.25) is 0 Å². The first-order valence-electron chi connectivity index (χ1n) is 30.3. The summed E-state index contributed by atoms with van der Waals surface area (Å²) in [5.74, 6) is 0. The number of rotatable bonds is 10. The van der Waals surface area contributed by atoms with Crippen molar-refractivity contribution in [3.8, 4) is 55.9 Å². The molecule has 3 nitrogen and oxygen atoms in total. The van der Waals surface area contributed by atoms with Gasteiger partial charge in [-0.3, -0.25) is 0 Å². The smallest absolute Gasteiger partial charge is 0.179 e. The van der Waals surface area contributed by atoms with E-state index < -0.39 is 26.2 Å². The Balaban J connectivity index is 1.00. The number of hydrogen-bond donors (Lipinski definition) is 0. The molecular weight excluding hydrogens is 1010 g/mol. The van der Waals surface area contributed by atoms with Crippen LogP contribution in [0.1, 0.15) is 6.85 Å². The number of benzene rings is 13. The lowest BCUT2D eigenvalue weighted by atomic mass is 9.92. The van der Waals surface area contributed by atoms with Crippen molar-refractivity contribution in [1.82, 2.24) is 9.13 Å². The average Bonchev–Trinajstić information content (AvgIpc) is 2.23. The summed E-state index contributed by atoms with van der Waals surface area (Å²) in [4.78, 5) is 0. The number of hydrogen-bond acceptors (Lipinski definition) is 1. The van der Waals surface area contributed by atoms with E-state index in [1.54, 1.807) is 0 Å². The molecule has 0 radical (unpaired) electrons. The molecule has 0 aliphatic heterocycles. The first kappa shape index (κ1) is 42.4. The van der Waals surface area contributed by atoms with Gasteiger partial charge in [0.1, 0.15) is 11.2 Å². The van der Waals surface area contributed by atoms with Gasteiger partial charge in [0.25, 0.3) is 0 Å². The molecule has 0 unspecified atom stereocenters. The third-order valence-corrected chi connectivity index (χ3v) is 21.5. The van der Waals surface area contributed by atoms with E-state index in [0.717, 1.165) is 125 Å². The van der Waals surface area contributed by atoms with Crippen molar-refractivity contribution in [3.63, 3.8) is 0 Å². The maximum Gasteiger partial charge on any atom is 0.179 e. The summed E-state index contributed by atoms with van der Waals surface area (Å²) < 4.78 is 58.6. The van der Waals surface area contributed by atoms with Crippen LogP contribution in [0.25, 0.3) is 121 Å². The summed E-state index contributed by atoms with van der Waals surface area (Å²) in [6, 6.07) is 98.9. The van der Waals surface area contributed by atoms with Crippen LogP contribution in [0.3, 0.4) is 0 Å². The summed E-state index contributed by atoms with van der Waals surface area (Å²) in [5.41, 5.74) is 14.0. The molecule has 384 valence electrons. The van der Waals surface area contributed by atoms with Gasteiger partial charge in [0, 0.05) is 60.3 Å². The number of fused-ring (bicyclic) bond motifs is 9. The summed E-state index contributed by atoms with van der Waals surface area (Å²) in [6.07, 6.45) is 0. The molecule has 0 amide bonds. The molecule has 13 aromatic carbocycles. The molecule has 0 N–H and O–H groups in total. The van der Waals surface area contributed by atoms with Gasteiger partial charge in [-0.1, -0.05) is 279 Å². The zero-order chi connectivity index (χ0) is 58.5. The molecule has 0 atom stereocenters. The second-order valence-corrected chi connectivity index (χ2v) is 24.9. The standard InChI is InChI=1S/C78H52N2OSi/c1-6-26-53(27-7-1)69-51-59(82(56-30-10-3-11-31-56,57-32-12-4-13-33-57)58-34-14-5-15-35-58)52-70(54-28-8-2-9-29-54)77(69)80-73-46-22-19-39-63(73)71-50-55(48-49-74(71)80)79-72-45-21-18-38-62(72)66-42-24-41-65(76(66)79)60-36-16-17-37-61(60)67-43-25-44-68-64-40-20-23-47-75(64)81-78(67)68/h1-52H/i1D,6D,7D,26D,27D. The fourth-order valence-corrected chi connectivity index (χ4v) is 18.1. The van der Waals surface area contributed by atoms with Crippen LogP contribution in [0, 0.1) is 0 Å². The number of para-hydroxylation sites is 5. The van der Waals surface area contributed by atoms with Gasteiger partial charge >= 0.3 is 0 Å². The zero-order valence-electron chi connectivity index (χ0n) is 49.4. The lowest BCUT2D eigenvalue weighted by Crippen LogP contribution is -2.74. The van der Waals surface area contributed by atoms with Crippen molar-refractivity contribution in [2.45, 2.75) is 0 Å². The fourth-order valence-electron chi connectivity index (χ4n) is 13.3. The van der Waals surface area contributed by atoms with E-state index in [1.165, 1.54) is 0 Å². The van der Waals surface area contributed by atoms with E-state index in [9.17, 15) is 5.48 Å². The Kier molecular flexibility index (Phi) is 10.0. The van der Waals surface area contributed by atoms with E-state index in [1.807, 2.05) is 48.5 Å². The van der Waals surface area contributed by atoms with Gasteiger partial charge in [0.2, 0.25) is 0 Å². The summed E-state index contributed by atoms with van der Waals surface area (Å²) in [5, 5.41) is 10.8. The van der Waals surface area contributed by atoms with E-state index in [4.69, 9.17) is 5.79 Å². The molecule has 4 heteroatoms. The largest absolute Gasteiger partial charge is 0.455 e. The molecule has 0 aliphatic rings. The van der Waals surface area contributed by atoms with E-state index in [-0.39, 0.29) is 17.6 Å². The maximum atomic E-state index is 9.88. The van der Waals surface area contributed by atoms with Gasteiger partial charge in [0.15, 0.2) is 8.07 Å². The molecule has 0 saturated heterocycles. The van der Waals surface area contributed by atoms with Crippen LogP contribution in [0.15, 0.2) is 320 Å². The van der Waals surface area contributed by atoms with Gasteiger partial charge in [-0.05, 0) is 79.4 Å². The zero-order valence-corrected chi connectivity index (χ0v) is 45.4. The van der Waals surface area contributed by atoms with Crippen molar-refractivity contribution in [2.75, 3.05) is 0 Å². The Morgan fingerprint density at radius 2 is 0.780 bits per heavy atom. The quantitative estimate of drug-likeness (QED) is 0.0989. The number of aromatic nitrogens is 2. The molecule has 0 saturated carbocycles. The minimum Gasteiger partial charge on any atom is -0.455 e. The lowest BCUT2D eigenvalue weighted by molar-refractivity contribution is 0.670. The van der Waals surface area contributed by atoms with Crippen LogP contribution in [0.5, 0.6) is 0 Å². The predicted octanol–water partition coefficient (Wildman–Crippen LogP) is 17.8. The molecule has 3 aromatic heterocycles. The maximum absolute atomic E-state index is 9.88. The number of furan rings is 1. The third-order valence-electron chi connectivity index (χ3n) is 16.8. The second-order valence-electron chi connectivity index (χ2n) is 21.1. The third kappa shape index (κ3) is 7.35. The molecular formula is C78H52N2OSi. The van der Waals surface area contributed by atoms with Crippen molar-refractivity contribution >= 4 is 94.4 Å². The summed E-state index contributed by atoms with van der Waals surface area (Å²) in [7, 11) is -3.34. The lowest BCUT2D eigenvalue weighted by Gasteiger charge is -2.36. The minimum atomic E-state index is -3.34. The first-order chi connectivity index (χ1) is 42.8. The van der Waals surface area contributed by atoms with Crippen LogP contribution < -0.4 is 20.7 Å². The minimum absolute atomic E-state index is 0.129. The topological polar surface area (TPSA) is 23.0 Å². The van der Waals surface area contributed by atoms with Crippen molar-refractivity contribution in [3.05, 3.63) is 315 Å². The molecule has 0 spiro atoms. The summed E-state index contributed by atoms with van der Waals surface area (Å²) >= 11 is 0. The molecule has 16 rings (SSSR count). The highest BCUT2D eigenvalue weighted by Crippen LogP contribution is 2.46. The summed E-state index contributed by atoms with van der Waals surface area (Å²) in [6.45, 7) is 0. The van der Waals surface area contributed by atoms with E-state index in [0.29, 0.717) is 11.3 Å². The highest BCUT2D eigenvalue weighted by Gasteiger charge is 2.42. The van der Waals surface area contributed by atoms with Gasteiger partial charge in [-0.25, -0.2) is 0 Å². The van der Waals surface area contributed by atoms with Crippen LogP contribution in [-0.2, 0) is 0 Å². The van der Waals surface area contributed by atoms with Crippen LogP contribution in [0.4, 0.5) is 0 Å². The van der Waals surface area contributed by atoms with Crippen molar-refractivity contribution < 1.29 is 11.3 Å². The Morgan fingerprint density at radius 3 is 1.44 bits per heavy atom. The Bertz CT molecular complexity index is 5280. The molecule has 82 heavy (non-hydrogen) atoms. The van der Waals surface area contributed by atoms with E-state index in [2.05, 4.69) is 246 Å². The second kappa shape index (κ2) is 19.4. The normalized spacial score (nSPS) is 12.8. The Labute approximate surface area is 483 Å². The highest BCUT2D eigenvalue weighted by atomic mass is 28.3. The fraction of sp³-hybridized carbons (Fsp3) is 0. The average molecular weight is 1070 g/mol. The predicted molar refractivity (Wildman–Crippen MR) is 348 cm³/mol. The van der Waals surface area contributed by atoms with Crippen molar-refractivity contribution in [2.24, 2.45) is 0 Å². The van der Waals surface area contributed by atoms with Gasteiger partial charge < -0.3 is 13.6 Å². The molecule has 16 aromatic rings. The highest BCUT2D eigenvalue weighted by molar-refractivity contribution is 7.20. The Hall–Kier alpha value is -10.5. The number of nitrogens with zero attached hydrogens (tertiary/aromatic N) is 2.